The van der Waals surface area contributed by atoms with Gasteiger partial charge in [0.2, 0.25) is 5.91 Å². The number of amides is 1. The fraction of sp³-hybridized carbons (Fsp3) is 0.500. The lowest BCUT2D eigenvalue weighted by Crippen LogP contribution is -2.40. The standard InChI is InChI=1S/C28H35N5O7/c1-15(35)31-25-22-26(30-14-29-25)33(21(32-22)12-9-18-7-10-19(11-8-18)28(4,5)6)27-24(39-17(3)37)23(38-16(2)36)20(13-34)40-27/h7-8,10-11,14,20,23-24,27,34H,9,12-13H2,1-6H3,(H,29,30,31,35)/t20-,23-,24-,27-/m1/s1. The monoisotopic (exact) mass is 553 g/mol. The molecule has 0 spiro atoms. The molecule has 1 aliphatic heterocycles. The summed E-state index contributed by atoms with van der Waals surface area (Å²) in [6.45, 7) is 9.80. The molecule has 1 amide bonds. The van der Waals surface area contributed by atoms with Gasteiger partial charge in [-0.15, -0.1) is 0 Å². The SMILES string of the molecule is CC(=O)Nc1ncnc2c1nc(CCc1ccc(C(C)(C)C)cc1)n2[C@@H]1O[C@H](CO)[C@@H](OC(C)=O)[C@H]1OC(C)=O. The fourth-order valence-corrected chi connectivity index (χ4v) is 4.80. The first-order chi connectivity index (χ1) is 18.9. The molecule has 12 heteroatoms. The summed E-state index contributed by atoms with van der Waals surface area (Å²) in [6.07, 6.45) is -1.84. The van der Waals surface area contributed by atoms with Crippen LogP contribution in [-0.2, 0) is 46.9 Å². The predicted molar refractivity (Wildman–Crippen MR) is 144 cm³/mol. The first-order valence-electron chi connectivity index (χ1n) is 13.1. The van der Waals surface area contributed by atoms with E-state index in [0.717, 1.165) is 5.56 Å². The average molecular weight is 554 g/mol. The van der Waals surface area contributed by atoms with Gasteiger partial charge in [0, 0.05) is 27.2 Å². The van der Waals surface area contributed by atoms with Crippen LogP contribution in [0.5, 0.6) is 0 Å². The summed E-state index contributed by atoms with van der Waals surface area (Å²) in [5.74, 6) is -0.837. The van der Waals surface area contributed by atoms with Crippen molar-refractivity contribution in [1.82, 2.24) is 19.5 Å². The number of hydrogen-bond donors (Lipinski definition) is 2. The van der Waals surface area contributed by atoms with Crippen molar-refractivity contribution in [3.63, 3.8) is 0 Å². The third-order valence-corrected chi connectivity index (χ3v) is 6.63. The molecular weight excluding hydrogens is 518 g/mol. The highest BCUT2D eigenvalue weighted by Crippen LogP contribution is 2.37. The van der Waals surface area contributed by atoms with Gasteiger partial charge in [0.05, 0.1) is 6.61 Å². The zero-order valence-corrected chi connectivity index (χ0v) is 23.5. The van der Waals surface area contributed by atoms with Gasteiger partial charge in [-0.05, 0) is 23.0 Å². The number of imidazole rings is 1. The summed E-state index contributed by atoms with van der Waals surface area (Å²) in [4.78, 5) is 49.2. The third kappa shape index (κ3) is 6.28. The molecule has 40 heavy (non-hydrogen) atoms. The highest BCUT2D eigenvalue weighted by Gasteiger charge is 2.51. The highest BCUT2D eigenvalue weighted by molar-refractivity contribution is 5.95. The van der Waals surface area contributed by atoms with Gasteiger partial charge in [-0.3, -0.25) is 19.0 Å². The van der Waals surface area contributed by atoms with Crippen molar-refractivity contribution in [1.29, 1.82) is 0 Å². The Labute approximate surface area is 232 Å². The molecule has 3 heterocycles. The van der Waals surface area contributed by atoms with Crippen LogP contribution >= 0.6 is 0 Å². The molecule has 0 radical (unpaired) electrons. The minimum atomic E-state index is -1.10. The van der Waals surface area contributed by atoms with E-state index in [1.165, 1.54) is 32.7 Å². The summed E-state index contributed by atoms with van der Waals surface area (Å²) < 4.78 is 18.8. The minimum Gasteiger partial charge on any atom is -0.456 e. The third-order valence-electron chi connectivity index (χ3n) is 6.63. The van der Waals surface area contributed by atoms with E-state index in [0.29, 0.717) is 29.8 Å². The molecule has 3 aromatic rings. The highest BCUT2D eigenvalue weighted by atomic mass is 16.6. The number of ether oxygens (including phenoxy) is 3. The molecule has 0 saturated carbocycles. The lowest BCUT2D eigenvalue weighted by Gasteiger charge is -2.24. The molecule has 2 aromatic heterocycles. The van der Waals surface area contributed by atoms with Gasteiger partial charge in [-0.1, -0.05) is 45.0 Å². The second kappa shape index (κ2) is 11.7. The van der Waals surface area contributed by atoms with Crippen molar-refractivity contribution in [2.24, 2.45) is 0 Å². The molecule has 2 N–H and O–H groups in total. The number of aliphatic hydroxyl groups excluding tert-OH is 1. The molecule has 4 atom stereocenters. The Morgan fingerprint density at radius 1 is 1.00 bits per heavy atom. The van der Waals surface area contributed by atoms with Crippen molar-refractivity contribution in [3.05, 3.63) is 47.5 Å². The van der Waals surface area contributed by atoms with Crippen molar-refractivity contribution in [2.45, 2.75) is 84.3 Å². The Balaban J connectivity index is 1.79. The number of aromatic nitrogens is 4. The number of benzene rings is 1. The number of hydrogen-bond acceptors (Lipinski definition) is 10. The molecule has 1 saturated heterocycles. The number of esters is 2. The molecule has 214 valence electrons. The first-order valence-corrected chi connectivity index (χ1v) is 13.1. The Bertz CT molecular complexity index is 1400. The zero-order chi connectivity index (χ0) is 29.2. The second-order valence-electron chi connectivity index (χ2n) is 10.8. The largest absolute Gasteiger partial charge is 0.456 e. The molecule has 0 unspecified atom stereocenters. The van der Waals surface area contributed by atoms with Crippen LogP contribution in [0.15, 0.2) is 30.6 Å². The average Bonchev–Trinajstić information content (AvgIpc) is 3.39. The first kappa shape index (κ1) is 29.1. The van der Waals surface area contributed by atoms with Crippen LogP contribution in [-0.4, -0.2) is 67.4 Å². The summed E-state index contributed by atoms with van der Waals surface area (Å²) in [5.41, 5.74) is 2.96. The number of nitrogens with one attached hydrogen (secondary N) is 1. The van der Waals surface area contributed by atoms with Crippen molar-refractivity contribution in [2.75, 3.05) is 11.9 Å². The molecule has 1 aromatic carbocycles. The zero-order valence-electron chi connectivity index (χ0n) is 23.5. The van der Waals surface area contributed by atoms with E-state index in [1.807, 2.05) is 0 Å². The maximum Gasteiger partial charge on any atom is 0.303 e. The lowest BCUT2D eigenvalue weighted by molar-refractivity contribution is -0.165. The van der Waals surface area contributed by atoms with E-state index in [4.69, 9.17) is 19.2 Å². The van der Waals surface area contributed by atoms with Crippen LogP contribution in [0.1, 0.15) is 64.7 Å². The molecule has 4 rings (SSSR count). The Morgan fingerprint density at radius 2 is 1.65 bits per heavy atom. The second-order valence-corrected chi connectivity index (χ2v) is 10.8. The van der Waals surface area contributed by atoms with Crippen LogP contribution in [0.2, 0.25) is 0 Å². The Hall–Kier alpha value is -3.90. The summed E-state index contributed by atoms with van der Waals surface area (Å²) in [6, 6.07) is 8.35. The Morgan fingerprint density at radius 3 is 2.23 bits per heavy atom. The molecule has 1 aliphatic rings. The molecule has 12 nitrogen and oxygen atoms in total. The number of carbonyl (C=O) groups is 3. The smallest absolute Gasteiger partial charge is 0.303 e. The van der Waals surface area contributed by atoms with Crippen molar-refractivity contribution < 1.29 is 33.7 Å². The van der Waals surface area contributed by atoms with Crippen LogP contribution in [0, 0.1) is 0 Å². The topological polar surface area (TPSA) is 155 Å². The molecule has 0 aliphatic carbocycles. The molecule has 1 fully saturated rings. The van der Waals surface area contributed by atoms with E-state index in [-0.39, 0.29) is 17.1 Å². The van der Waals surface area contributed by atoms with Crippen LogP contribution in [0.3, 0.4) is 0 Å². The molecule has 0 bridgehead atoms. The number of anilines is 1. The van der Waals surface area contributed by atoms with Crippen molar-refractivity contribution >= 4 is 34.8 Å². The van der Waals surface area contributed by atoms with Gasteiger partial charge in [0.15, 0.2) is 35.4 Å². The summed E-state index contributed by atoms with van der Waals surface area (Å²) >= 11 is 0. The van der Waals surface area contributed by atoms with E-state index < -0.39 is 43.1 Å². The maximum absolute atomic E-state index is 12.1. The Kier molecular flexibility index (Phi) is 8.50. The van der Waals surface area contributed by atoms with Crippen LogP contribution < -0.4 is 5.32 Å². The number of aryl methyl sites for hydroxylation is 2. The quantitative estimate of drug-likeness (QED) is 0.398. The normalized spacial score (nSPS) is 20.9. The number of aliphatic hydroxyl groups is 1. The van der Waals surface area contributed by atoms with Crippen LogP contribution in [0.25, 0.3) is 11.2 Å². The molecular formula is C28H35N5O7. The maximum atomic E-state index is 12.1. The fourth-order valence-electron chi connectivity index (χ4n) is 4.80. The van der Waals surface area contributed by atoms with Gasteiger partial charge < -0.3 is 24.6 Å². The summed E-state index contributed by atoms with van der Waals surface area (Å²) in [7, 11) is 0. The number of fused-ring (bicyclic) bond motifs is 1. The van der Waals surface area contributed by atoms with E-state index >= 15 is 0 Å². The van der Waals surface area contributed by atoms with E-state index in [2.05, 4.69) is 60.3 Å². The minimum absolute atomic E-state index is 0.0263. The van der Waals surface area contributed by atoms with Gasteiger partial charge in [-0.2, -0.15) is 0 Å². The van der Waals surface area contributed by atoms with E-state index in [9.17, 15) is 19.5 Å². The number of nitrogens with zero attached hydrogens (tertiary/aromatic N) is 4. The van der Waals surface area contributed by atoms with Gasteiger partial charge in [0.25, 0.3) is 0 Å². The number of rotatable bonds is 8. The van der Waals surface area contributed by atoms with Crippen LogP contribution in [0.4, 0.5) is 5.82 Å². The van der Waals surface area contributed by atoms with Crippen molar-refractivity contribution in [3.8, 4) is 0 Å². The van der Waals surface area contributed by atoms with Gasteiger partial charge >= 0.3 is 11.9 Å². The van der Waals surface area contributed by atoms with E-state index in [1.54, 1.807) is 4.57 Å². The number of carbonyl (C=O) groups excluding carboxylic acids is 3. The van der Waals surface area contributed by atoms with Gasteiger partial charge in [0.1, 0.15) is 18.3 Å². The predicted octanol–water partition coefficient (Wildman–Crippen LogP) is 2.62. The lowest BCUT2D eigenvalue weighted by atomic mass is 9.86. The van der Waals surface area contributed by atoms with Gasteiger partial charge in [-0.25, -0.2) is 15.0 Å². The summed E-state index contributed by atoms with van der Waals surface area (Å²) in [5, 5.41) is 12.7.